The van der Waals surface area contributed by atoms with E-state index >= 15 is 0 Å². The molecule has 2 aromatic rings. The minimum atomic E-state index is -0.837. The van der Waals surface area contributed by atoms with Gasteiger partial charge in [-0.2, -0.15) is 0 Å². The Hall–Kier alpha value is -4.08. The fourth-order valence-corrected chi connectivity index (χ4v) is 2.67. The molecule has 0 bridgehead atoms. The lowest BCUT2D eigenvalue weighted by atomic mass is 10.1. The van der Waals surface area contributed by atoms with Crippen LogP contribution in [0, 0.1) is 10.1 Å². The van der Waals surface area contributed by atoms with Gasteiger partial charge in [0, 0.05) is 11.6 Å². The molecule has 0 aromatic heterocycles. The van der Waals surface area contributed by atoms with Gasteiger partial charge in [0.15, 0.2) is 35.4 Å². The first-order chi connectivity index (χ1) is 14.4. The second-order valence-corrected chi connectivity index (χ2v) is 5.96. The maximum atomic E-state index is 12.2. The summed E-state index contributed by atoms with van der Waals surface area (Å²) in [6, 6.07) is 7.16. The van der Waals surface area contributed by atoms with E-state index in [4.69, 9.17) is 23.7 Å². The summed E-state index contributed by atoms with van der Waals surface area (Å²) < 4.78 is 25.5. The smallest absolute Gasteiger partial charge is 0.331 e. The third-order valence-electron chi connectivity index (χ3n) is 4.17. The van der Waals surface area contributed by atoms with E-state index in [0.717, 1.165) is 6.08 Å². The standard InChI is InChI=1S/C20H17NO9/c1-26-16-5-3-13(8-17(16)27-2)15(22)10-28-20(23)6-4-12-7-18-19(30-11-29-18)9-14(12)21(24)25/h3-9H,10-11H2,1-2H3/b6-4+. The van der Waals surface area contributed by atoms with Crippen molar-refractivity contribution in [3.63, 3.8) is 0 Å². The number of carbonyl (C=O) groups is 2. The molecule has 0 saturated carbocycles. The zero-order chi connectivity index (χ0) is 21.7. The number of ketones is 1. The summed E-state index contributed by atoms with van der Waals surface area (Å²) >= 11 is 0. The number of Topliss-reactive ketones (excluding diaryl/α,β-unsaturated/α-hetero) is 1. The molecule has 0 N–H and O–H groups in total. The Balaban J connectivity index is 1.66. The van der Waals surface area contributed by atoms with Gasteiger partial charge in [0.2, 0.25) is 6.79 Å². The zero-order valence-electron chi connectivity index (χ0n) is 16.1. The number of nitro groups is 1. The lowest BCUT2D eigenvalue weighted by Crippen LogP contribution is -2.12. The van der Waals surface area contributed by atoms with Crippen molar-refractivity contribution in [3.05, 3.63) is 57.6 Å². The first kappa shape index (κ1) is 20.6. The number of hydrogen-bond donors (Lipinski definition) is 0. The Kier molecular flexibility index (Phi) is 6.16. The number of nitrogens with zero attached hydrogens (tertiary/aromatic N) is 1. The van der Waals surface area contributed by atoms with Crippen molar-refractivity contribution in [2.75, 3.05) is 27.6 Å². The van der Waals surface area contributed by atoms with Crippen LogP contribution in [0.25, 0.3) is 6.08 Å². The molecule has 0 radical (unpaired) electrons. The van der Waals surface area contributed by atoms with E-state index in [1.54, 1.807) is 6.07 Å². The number of esters is 1. The maximum absolute atomic E-state index is 12.2. The molecule has 3 rings (SSSR count). The van der Waals surface area contributed by atoms with Gasteiger partial charge in [-0.15, -0.1) is 0 Å². The molecule has 156 valence electrons. The highest BCUT2D eigenvalue weighted by Crippen LogP contribution is 2.38. The number of rotatable bonds is 8. The van der Waals surface area contributed by atoms with Crippen LogP contribution < -0.4 is 18.9 Å². The Morgan fingerprint density at radius 2 is 1.80 bits per heavy atom. The SMILES string of the molecule is COc1ccc(C(=O)COC(=O)/C=C/c2cc3c(cc2[N+](=O)[O-])OCO3)cc1OC. The summed E-state index contributed by atoms with van der Waals surface area (Å²) in [5.74, 6) is 0.116. The third kappa shape index (κ3) is 4.49. The fourth-order valence-electron chi connectivity index (χ4n) is 2.67. The number of methoxy groups -OCH3 is 2. The molecule has 10 nitrogen and oxygen atoms in total. The van der Waals surface area contributed by atoms with Gasteiger partial charge in [-0.25, -0.2) is 4.79 Å². The minimum Gasteiger partial charge on any atom is -0.493 e. The van der Waals surface area contributed by atoms with Crippen LogP contribution in [0.3, 0.4) is 0 Å². The molecule has 0 amide bonds. The van der Waals surface area contributed by atoms with E-state index in [-0.39, 0.29) is 29.4 Å². The van der Waals surface area contributed by atoms with Crippen LogP contribution in [0.1, 0.15) is 15.9 Å². The molecular weight excluding hydrogens is 398 g/mol. The molecule has 0 saturated heterocycles. The molecule has 1 heterocycles. The van der Waals surface area contributed by atoms with Crippen LogP contribution >= 0.6 is 0 Å². The zero-order valence-corrected chi connectivity index (χ0v) is 16.1. The second kappa shape index (κ2) is 8.95. The van der Waals surface area contributed by atoms with E-state index in [1.807, 2.05) is 0 Å². The van der Waals surface area contributed by atoms with Crippen LogP contribution in [0.5, 0.6) is 23.0 Å². The number of hydrogen-bond acceptors (Lipinski definition) is 9. The molecule has 30 heavy (non-hydrogen) atoms. The van der Waals surface area contributed by atoms with Crippen molar-refractivity contribution in [2.45, 2.75) is 0 Å². The van der Waals surface area contributed by atoms with Crippen molar-refractivity contribution in [3.8, 4) is 23.0 Å². The number of carbonyl (C=O) groups excluding carboxylic acids is 2. The molecule has 10 heteroatoms. The minimum absolute atomic E-state index is 0.0417. The average molecular weight is 415 g/mol. The van der Waals surface area contributed by atoms with Crippen LogP contribution in [-0.2, 0) is 9.53 Å². The molecule has 0 unspecified atom stereocenters. The van der Waals surface area contributed by atoms with Crippen molar-refractivity contribution in [1.82, 2.24) is 0 Å². The largest absolute Gasteiger partial charge is 0.493 e. The lowest BCUT2D eigenvalue weighted by molar-refractivity contribution is -0.385. The van der Waals surface area contributed by atoms with Crippen molar-refractivity contribution in [2.24, 2.45) is 0 Å². The van der Waals surface area contributed by atoms with Gasteiger partial charge >= 0.3 is 5.97 Å². The lowest BCUT2D eigenvalue weighted by Gasteiger charge is -2.09. The highest BCUT2D eigenvalue weighted by atomic mass is 16.7. The van der Waals surface area contributed by atoms with Gasteiger partial charge in [0.1, 0.15) is 0 Å². The highest BCUT2D eigenvalue weighted by molar-refractivity contribution is 5.99. The number of benzene rings is 2. The van der Waals surface area contributed by atoms with Crippen molar-refractivity contribution in [1.29, 1.82) is 0 Å². The van der Waals surface area contributed by atoms with Gasteiger partial charge in [-0.3, -0.25) is 14.9 Å². The predicted octanol–water partition coefficient (Wildman–Crippen LogP) is 2.78. The van der Waals surface area contributed by atoms with E-state index < -0.39 is 23.3 Å². The van der Waals surface area contributed by atoms with Crippen molar-refractivity contribution >= 4 is 23.5 Å². The molecule has 1 aliphatic rings. The predicted molar refractivity (Wildman–Crippen MR) is 103 cm³/mol. The molecule has 0 spiro atoms. The Labute approximate surface area is 170 Å². The molecule has 0 aliphatic carbocycles. The summed E-state index contributed by atoms with van der Waals surface area (Å²) in [5.41, 5.74) is 0.146. The van der Waals surface area contributed by atoms with Gasteiger partial charge in [-0.05, 0) is 30.3 Å². The second-order valence-electron chi connectivity index (χ2n) is 5.96. The first-order valence-corrected chi connectivity index (χ1v) is 8.61. The topological polar surface area (TPSA) is 123 Å². The normalized spacial score (nSPS) is 11.9. The van der Waals surface area contributed by atoms with Crippen LogP contribution in [0.2, 0.25) is 0 Å². The Morgan fingerprint density at radius 1 is 1.10 bits per heavy atom. The third-order valence-corrected chi connectivity index (χ3v) is 4.17. The summed E-state index contributed by atoms with van der Waals surface area (Å²) in [6.07, 6.45) is 2.20. The number of ether oxygens (including phenoxy) is 5. The quantitative estimate of drug-likeness (QED) is 0.210. The summed E-state index contributed by atoms with van der Waals surface area (Å²) in [6.45, 7) is -0.554. The van der Waals surface area contributed by atoms with Gasteiger partial charge in [0.25, 0.3) is 5.69 Å². The summed E-state index contributed by atoms with van der Waals surface area (Å²) in [5, 5.41) is 11.2. The Bertz CT molecular complexity index is 1030. The van der Waals surface area contributed by atoms with E-state index in [0.29, 0.717) is 17.2 Å². The monoisotopic (exact) mass is 415 g/mol. The number of fused-ring (bicyclic) bond motifs is 1. The van der Waals surface area contributed by atoms with Crippen LogP contribution in [0.15, 0.2) is 36.4 Å². The summed E-state index contributed by atoms with van der Waals surface area (Å²) in [7, 11) is 2.91. The molecule has 2 aromatic carbocycles. The van der Waals surface area contributed by atoms with E-state index in [9.17, 15) is 19.7 Å². The molecular formula is C20H17NO9. The Morgan fingerprint density at radius 3 is 2.47 bits per heavy atom. The van der Waals surface area contributed by atoms with Gasteiger partial charge < -0.3 is 23.7 Å². The van der Waals surface area contributed by atoms with Crippen LogP contribution in [-0.4, -0.2) is 44.3 Å². The molecule has 0 atom stereocenters. The fraction of sp³-hybridized carbons (Fsp3) is 0.200. The average Bonchev–Trinajstić information content (AvgIpc) is 3.22. The molecule has 0 fully saturated rings. The highest BCUT2D eigenvalue weighted by Gasteiger charge is 2.22. The van der Waals surface area contributed by atoms with Gasteiger partial charge in [-0.1, -0.05) is 0 Å². The summed E-state index contributed by atoms with van der Waals surface area (Å²) in [4.78, 5) is 34.8. The van der Waals surface area contributed by atoms with E-state index in [2.05, 4.69) is 0 Å². The van der Waals surface area contributed by atoms with E-state index in [1.165, 1.54) is 44.6 Å². The first-order valence-electron chi connectivity index (χ1n) is 8.61. The van der Waals surface area contributed by atoms with Crippen molar-refractivity contribution < 1.29 is 38.2 Å². The number of nitro benzene ring substituents is 1. The maximum Gasteiger partial charge on any atom is 0.331 e. The van der Waals surface area contributed by atoms with Crippen LogP contribution in [0.4, 0.5) is 5.69 Å². The molecule has 1 aliphatic heterocycles. The van der Waals surface area contributed by atoms with Gasteiger partial charge in [0.05, 0.1) is 30.8 Å².